The fraction of sp³-hybridized carbons (Fsp3) is 0.632. The number of guanidine groups is 1. The largest absolute Gasteiger partial charge is 0.387 e. The van der Waals surface area contributed by atoms with Gasteiger partial charge in [-0.1, -0.05) is 23.2 Å². The smallest absolute Gasteiger partial charge is 0.191 e. The number of ether oxygens (including phenoxy) is 1. The van der Waals surface area contributed by atoms with Crippen molar-refractivity contribution in [1.82, 2.24) is 15.5 Å². The number of halogens is 3. The molecule has 1 unspecified atom stereocenters. The number of morpholine rings is 1. The van der Waals surface area contributed by atoms with Gasteiger partial charge in [-0.2, -0.15) is 0 Å². The summed E-state index contributed by atoms with van der Waals surface area (Å²) in [6, 6.07) is 5.54. The van der Waals surface area contributed by atoms with Crippen LogP contribution in [0.15, 0.2) is 23.2 Å². The van der Waals surface area contributed by atoms with Crippen molar-refractivity contribution in [2.45, 2.75) is 25.9 Å². The Balaban J connectivity index is 0.00000392. The Morgan fingerprint density at radius 3 is 2.46 bits per heavy atom. The van der Waals surface area contributed by atoms with Crippen molar-refractivity contribution in [3.8, 4) is 0 Å². The molecular weight excluding hydrogens is 514 g/mol. The second-order valence-electron chi connectivity index (χ2n) is 7.04. The highest BCUT2D eigenvalue weighted by atomic mass is 127. The average molecular weight is 545 g/mol. The molecule has 1 fully saturated rings. The minimum atomic E-state index is -0.889. The molecule has 6 nitrogen and oxygen atoms in total. The first-order valence-electron chi connectivity index (χ1n) is 9.37. The van der Waals surface area contributed by atoms with Crippen molar-refractivity contribution in [2.24, 2.45) is 4.99 Å². The first-order chi connectivity index (χ1) is 12.9. The van der Waals surface area contributed by atoms with Crippen LogP contribution in [0, 0.1) is 0 Å². The molecule has 9 heteroatoms. The average Bonchev–Trinajstić information content (AvgIpc) is 2.59. The molecule has 1 saturated heterocycles. The van der Waals surface area contributed by atoms with Crippen LogP contribution in [0.4, 0.5) is 0 Å². The molecule has 0 radical (unpaired) electrons. The topological polar surface area (TPSA) is 69.1 Å². The van der Waals surface area contributed by atoms with Crippen molar-refractivity contribution < 1.29 is 9.84 Å². The number of aliphatic imine (C=N–C) groups is 1. The summed E-state index contributed by atoms with van der Waals surface area (Å²) in [6.45, 7) is 9.32. The van der Waals surface area contributed by atoms with Gasteiger partial charge >= 0.3 is 0 Å². The molecule has 1 aliphatic rings. The zero-order valence-electron chi connectivity index (χ0n) is 16.5. The predicted octanol–water partition coefficient (Wildman–Crippen LogP) is 2.79. The van der Waals surface area contributed by atoms with Gasteiger partial charge in [0.15, 0.2) is 5.96 Å². The van der Waals surface area contributed by atoms with E-state index in [9.17, 15) is 5.11 Å². The highest BCUT2D eigenvalue weighted by Crippen LogP contribution is 2.19. The van der Waals surface area contributed by atoms with Crippen molar-refractivity contribution >= 4 is 53.1 Å². The van der Waals surface area contributed by atoms with Crippen molar-refractivity contribution in [2.75, 3.05) is 52.5 Å². The van der Waals surface area contributed by atoms with Gasteiger partial charge in [-0.15, -0.1) is 24.0 Å². The molecule has 0 amide bonds. The minimum absolute atomic E-state index is 0. The molecule has 1 aliphatic heterocycles. The standard InChI is InChI=1S/C19H30Cl2N4O2.HI/c1-3-22-18(23-5-4-15-10-16(20)12-17(21)11-15)24-13-19(2,26)14-25-6-8-27-9-7-25;/h10-12,26H,3-9,13-14H2,1-2H3,(H2,22,23,24);1H. The lowest BCUT2D eigenvalue weighted by atomic mass is 10.1. The lowest BCUT2D eigenvalue weighted by molar-refractivity contribution is -0.0179. The summed E-state index contributed by atoms with van der Waals surface area (Å²) in [6.07, 6.45) is 0.773. The van der Waals surface area contributed by atoms with Gasteiger partial charge in [-0.3, -0.25) is 9.89 Å². The summed E-state index contributed by atoms with van der Waals surface area (Å²) in [4.78, 5) is 6.76. The SMILES string of the molecule is CCNC(=NCC(C)(O)CN1CCOCC1)NCCc1cc(Cl)cc(Cl)c1.I. The molecule has 0 saturated carbocycles. The van der Waals surface area contributed by atoms with E-state index in [0.29, 0.717) is 35.6 Å². The molecule has 1 aromatic rings. The lowest BCUT2D eigenvalue weighted by Gasteiger charge is -2.33. The summed E-state index contributed by atoms with van der Waals surface area (Å²) in [7, 11) is 0. The summed E-state index contributed by atoms with van der Waals surface area (Å²) in [5.41, 5.74) is 0.176. The van der Waals surface area contributed by atoms with E-state index in [-0.39, 0.29) is 24.0 Å². The molecule has 160 valence electrons. The van der Waals surface area contributed by atoms with Crippen LogP contribution in [0.25, 0.3) is 0 Å². The van der Waals surface area contributed by atoms with E-state index in [0.717, 1.165) is 44.8 Å². The monoisotopic (exact) mass is 544 g/mol. The van der Waals surface area contributed by atoms with Gasteiger partial charge in [0.1, 0.15) is 0 Å². The number of hydrogen-bond acceptors (Lipinski definition) is 4. The summed E-state index contributed by atoms with van der Waals surface area (Å²) in [5, 5.41) is 18.4. The first kappa shape index (κ1) is 25.7. The highest BCUT2D eigenvalue weighted by Gasteiger charge is 2.25. The maximum Gasteiger partial charge on any atom is 0.191 e. The van der Waals surface area contributed by atoms with E-state index in [1.807, 2.05) is 26.0 Å². The van der Waals surface area contributed by atoms with Crippen molar-refractivity contribution in [3.05, 3.63) is 33.8 Å². The van der Waals surface area contributed by atoms with Crippen LogP contribution in [0.2, 0.25) is 10.0 Å². The van der Waals surface area contributed by atoms with Crippen LogP contribution in [-0.4, -0.2) is 74.0 Å². The number of rotatable bonds is 8. The molecule has 3 N–H and O–H groups in total. The molecule has 0 spiro atoms. The maximum atomic E-state index is 10.7. The van der Waals surface area contributed by atoms with E-state index >= 15 is 0 Å². The van der Waals surface area contributed by atoms with E-state index < -0.39 is 5.60 Å². The van der Waals surface area contributed by atoms with E-state index in [1.54, 1.807) is 6.07 Å². The maximum absolute atomic E-state index is 10.7. The Hall–Kier alpha value is -0.320. The van der Waals surface area contributed by atoms with Crippen LogP contribution in [-0.2, 0) is 11.2 Å². The second-order valence-corrected chi connectivity index (χ2v) is 7.91. The number of aliphatic hydroxyl groups is 1. The quantitative estimate of drug-likeness (QED) is 0.267. The molecular formula is C19H31Cl2IN4O2. The van der Waals surface area contributed by atoms with Crippen LogP contribution in [0.1, 0.15) is 19.4 Å². The number of nitrogens with one attached hydrogen (secondary N) is 2. The molecule has 28 heavy (non-hydrogen) atoms. The van der Waals surface area contributed by atoms with Gasteiger partial charge in [-0.25, -0.2) is 0 Å². The summed E-state index contributed by atoms with van der Waals surface area (Å²) in [5.74, 6) is 0.688. The summed E-state index contributed by atoms with van der Waals surface area (Å²) >= 11 is 12.1. The van der Waals surface area contributed by atoms with Crippen molar-refractivity contribution in [1.29, 1.82) is 0 Å². The molecule has 0 aromatic heterocycles. The zero-order valence-corrected chi connectivity index (χ0v) is 20.4. The first-order valence-corrected chi connectivity index (χ1v) is 10.1. The molecule has 1 aromatic carbocycles. The third kappa shape index (κ3) is 9.93. The molecule has 1 atom stereocenters. The predicted molar refractivity (Wildman–Crippen MR) is 127 cm³/mol. The fourth-order valence-corrected chi connectivity index (χ4v) is 3.53. The number of nitrogens with zero attached hydrogens (tertiary/aromatic N) is 2. The number of hydrogen-bond donors (Lipinski definition) is 3. The van der Waals surface area contributed by atoms with Crippen LogP contribution in [0.5, 0.6) is 0 Å². The Labute approximate surface area is 195 Å². The van der Waals surface area contributed by atoms with Gasteiger partial charge in [0.2, 0.25) is 0 Å². The van der Waals surface area contributed by atoms with E-state index in [4.69, 9.17) is 27.9 Å². The number of benzene rings is 1. The fourth-order valence-electron chi connectivity index (χ4n) is 2.96. The van der Waals surface area contributed by atoms with Gasteiger partial charge in [-0.05, 0) is 44.0 Å². The minimum Gasteiger partial charge on any atom is -0.387 e. The number of β-amino-alcohol motifs (C(OH)–C–C–N with tert-alkyl or cyclic N) is 1. The van der Waals surface area contributed by atoms with Gasteiger partial charge in [0, 0.05) is 42.8 Å². The van der Waals surface area contributed by atoms with Crippen LogP contribution < -0.4 is 10.6 Å². The summed E-state index contributed by atoms with van der Waals surface area (Å²) < 4.78 is 5.35. The molecule has 1 heterocycles. The molecule has 2 rings (SSSR count). The Morgan fingerprint density at radius 1 is 1.21 bits per heavy atom. The Bertz CT molecular complexity index is 606. The van der Waals surface area contributed by atoms with Gasteiger partial charge < -0.3 is 20.5 Å². The van der Waals surface area contributed by atoms with E-state index in [1.165, 1.54) is 0 Å². The lowest BCUT2D eigenvalue weighted by Crippen LogP contribution is -2.48. The van der Waals surface area contributed by atoms with Crippen molar-refractivity contribution in [3.63, 3.8) is 0 Å². The Morgan fingerprint density at radius 2 is 1.86 bits per heavy atom. The highest BCUT2D eigenvalue weighted by molar-refractivity contribution is 14.0. The third-order valence-electron chi connectivity index (χ3n) is 4.22. The zero-order chi connectivity index (χ0) is 19.7. The molecule has 0 aliphatic carbocycles. The molecule has 0 bridgehead atoms. The van der Waals surface area contributed by atoms with E-state index in [2.05, 4.69) is 20.5 Å². The normalized spacial score (nSPS) is 17.5. The Kier molecular flexibility index (Phi) is 12.0. The van der Waals surface area contributed by atoms with Crippen LogP contribution in [0.3, 0.4) is 0 Å². The van der Waals surface area contributed by atoms with Gasteiger partial charge in [0.05, 0.1) is 25.4 Å². The van der Waals surface area contributed by atoms with Gasteiger partial charge in [0.25, 0.3) is 0 Å². The second kappa shape index (κ2) is 13.1. The van der Waals surface area contributed by atoms with Crippen LogP contribution >= 0.6 is 47.2 Å². The third-order valence-corrected chi connectivity index (χ3v) is 4.65.